The number of benzene rings is 2. The maximum absolute atomic E-state index is 12.8. The second kappa shape index (κ2) is 8.41. The fourth-order valence-corrected chi connectivity index (χ4v) is 3.96. The summed E-state index contributed by atoms with van der Waals surface area (Å²) in [4.78, 5) is 11.9. The molecule has 1 atom stereocenters. The molecule has 0 bridgehead atoms. The highest BCUT2D eigenvalue weighted by atomic mass is 32.2. The number of carboxylic acid groups (broad SMARTS) is 1. The van der Waals surface area contributed by atoms with Crippen LogP contribution in [0, 0.1) is 6.92 Å². The lowest BCUT2D eigenvalue weighted by Gasteiger charge is -2.25. The number of nitrogens with zero attached hydrogens (tertiary/aromatic N) is 1. The Labute approximate surface area is 159 Å². The lowest BCUT2D eigenvalue weighted by molar-refractivity contribution is -0.141. The molecule has 1 N–H and O–H groups in total. The molecule has 2 aromatic rings. The number of hydrogen-bond donors (Lipinski definition) is 1. The number of likely N-dealkylation sites (N-methyl/N-ethyl adjacent to an activating group) is 1. The predicted octanol–water partition coefficient (Wildman–Crippen LogP) is 2.33. The highest BCUT2D eigenvalue weighted by molar-refractivity contribution is 7.89. The Morgan fingerprint density at radius 3 is 2.26 bits per heavy atom. The van der Waals surface area contributed by atoms with Crippen molar-refractivity contribution in [3.8, 4) is 11.5 Å². The molecule has 2 aromatic carbocycles. The van der Waals surface area contributed by atoms with E-state index in [0.717, 1.165) is 9.87 Å². The lowest BCUT2D eigenvalue weighted by atomic mass is 10.0. The van der Waals surface area contributed by atoms with E-state index in [4.69, 9.17) is 9.47 Å². The van der Waals surface area contributed by atoms with Crippen molar-refractivity contribution in [1.82, 2.24) is 4.31 Å². The summed E-state index contributed by atoms with van der Waals surface area (Å²) >= 11 is 0. The van der Waals surface area contributed by atoms with E-state index >= 15 is 0 Å². The van der Waals surface area contributed by atoms with E-state index in [2.05, 4.69) is 0 Å². The SMILES string of the molecule is COc1ccc(C[C@@H](C(=O)O)N(C)S(=O)(=O)c2ccc(C)cc2)c(OC)c1. The average molecular weight is 393 g/mol. The van der Waals surface area contributed by atoms with Gasteiger partial charge in [0.25, 0.3) is 0 Å². The van der Waals surface area contributed by atoms with E-state index in [0.29, 0.717) is 17.1 Å². The van der Waals surface area contributed by atoms with Crippen LogP contribution in [-0.4, -0.2) is 51.1 Å². The molecule has 8 heteroatoms. The fraction of sp³-hybridized carbons (Fsp3) is 0.316. The van der Waals surface area contributed by atoms with Crippen molar-refractivity contribution >= 4 is 16.0 Å². The van der Waals surface area contributed by atoms with Gasteiger partial charge in [-0.1, -0.05) is 23.8 Å². The molecule has 0 aliphatic carbocycles. The van der Waals surface area contributed by atoms with Crippen molar-refractivity contribution < 1.29 is 27.8 Å². The monoisotopic (exact) mass is 393 g/mol. The van der Waals surface area contributed by atoms with Crippen LogP contribution in [0.1, 0.15) is 11.1 Å². The first-order valence-corrected chi connectivity index (χ1v) is 9.63. The number of aryl methyl sites for hydroxylation is 1. The van der Waals surface area contributed by atoms with Gasteiger partial charge in [0, 0.05) is 19.5 Å². The van der Waals surface area contributed by atoms with Gasteiger partial charge in [-0.05, 0) is 30.7 Å². The van der Waals surface area contributed by atoms with E-state index in [9.17, 15) is 18.3 Å². The van der Waals surface area contributed by atoms with Crippen molar-refractivity contribution in [2.75, 3.05) is 21.3 Å². The van der Waals surface area contributed by atoms with Crippen LogP contribution in [0.25, 0.3) is 0 Å². The van der Waals surface area contributed by atoms with E-state index in [1.165, 1.54) is 33.4 Å². The number of carboxylic acids is 1. The molecule has 0 amide bonds. The van der Waals surface area contributed by atoms with Gasteiger partial charge in [-0.2, -0.15) is 4.31 Å². The third kappa shape index (κ3) is 4.58. The van der Waals surface area contributed by atoms with E-state index in [1.807, 2.05) is 6.92 Å². The molecule has 7 nitrogen and oxygen atoms in total. The largest absolute Gasteiger partial charge is 0.497 e. The van der Waals surface area contributed by atoms with E-state index in [-0.39, 0.29) is 11.3 Å². The second-order valence-corrected chi connectivity index (χ2v) is 8.07. The lowest BCUT2D eigenvalue weighted by Crippen LogP contribution is -2.43. The molecule has 2 rings (SSSR count). The molecule has 0 aliphatic rings. The fourth-order valence-electron chi connectivity index (χ4n) is 2.64. The minimum Gasteiger partial charge on any atom is -0.497 e. The number of hydrogen-bond acceptors (Lipinski definition) is 5. The number of sulfonamides is 1. The molecule has 0 spiro atoms. The minimum absolute atomic E-state index is 0.0449. The first kappa shape index (κ1) is 20.7. The zero-order valence-electron chi connectivity index (χ0n) is 15.7. The third-order valence-electron chi connectivity index (χ3n) is 4.33. The molecule has 0 saturated carbocycles. The zero-order chi connectivity index (χ0) is 20.2. The standard InChI is InChI=1S/C19H23NO6S/c1-13-5-9-16(10-6-13)27(23,24)20(2)17(19(21)22)11-14-7-8-15(25-3)12-18(14)26-4/h5-10,12,17H,11H2,1-4H3,(H,21,22)/t17-/m0/s1. The minimum atomic E-state index is -3.97. The topological polar surface area (TPSA) is 93.1 Å². The molecule has 0 saturated heterocycles. The van der Waals surface area contributed by atoms with Crippen LogP contribution in [0.5, 0.6) is 11.5 Å². The van der Waals surface area contributed by atoms with Crippen LogP contribution in [0.2, 0.25) is 0 Å². The number of aliphatic carboxylic acids is 1. The number of carbonyl (C=O) groups is 1. The van der Waals surface area contributed by atoms with Crippen LogP contribution in [-0.2, 0) is 21.2 Å². The molecule has 0 fully saturated rings. The molecule has 27 heavy (non-hydrogen) atoms. The average Bonchev–Trinajstić information content (AvgIpc) is 2.65. The Morgan fingerprint density at radius 1 is 1.11 bits per heavy atom. The Balaban J connectivity index is 2.37. The summed E-state index contributed by atoms with van der Waals surface area (Å²) < 4.78 is 37.0. The van der Waals surface area contributed by atoms with Gasteiger partial charge in [0.15, 0.2) is 0 Å². The maximum atomic E-state index is 12.8. The normalized spacial score (nSPS) is 12.6. The summed E-state index contributed by atoms with van der Waals surface area (Å²) in [7, 11) is 0.272. The number of methoxy groups -OCH3 is 2. The molecular weight excluding hydrogens is 370 g/mol. The first-order valence-electron chi connectivity index (χ1n) is 8.19. The summed E-state index contributed by atoms with van der Waals surface area (Å²) in [6, 6.07) is 9.95. The maximum Gasteiger partial charge on any atom is 0.322 e. The molecule has 0 heterocycles. The van der Waals surface area contributed by atoms with E-state index < -0.39 is 22.0 Å². The Morgan fingerprint density at radius 2 is 1.74 bits per heavy atom. The first-order chi connectivity index (χ1) is 12.7. The number of rotatable bonds is 8. The Bertz CT molecular complexity index is 908. The van der Waals surface area contributed by atoms with Gasteiger partial charge in [-0.25, -0.2) is 8.42 Å². The molecule has 146 valence electrons. The van der Waals surface area contributed by atoms with Gasteiger partial charge >= 0.3 is 5.97 Å². The van der Waals surface area contributed by atoms with Crippen molar-refractivity contribution in [1.29, 1.82) is 0 Å². The molecule has 0 radical (unpaired) electrons. The summed E-state index contributed by atoms with van der Waals surface area (Å²) in [5.74, 6) is -0.254. The Hall–Kier alpha value is -2.58. The van der Waals surface area contributed by atoms with Crippen LogP contribution in [0.3, 0.4) is 0 Å². The van der Waals surface area contributed by atoms with Gasteiger partial charge < -0.3 is 14.6 Å². The van der Waals surface area contributed by atoms with Gasteiger partial charge in [-0.15, -0.1) is 0 Å². The quantitative estimate of drug-likeness (QED) is 0.740. The predicted molar refractivity (Wildman–Crippen MR) is 101 cm³/mol. The summed E-state index contributed by atoms with van der Waals surface area (Å²) in [6.07, 6.45) is -0.0515. The smallest absolute Gasteiger partial charge is 0.322 e. The van der Waals surface area contributed by atoms with Crippen molar-refractivity contribution in [2.24, 2.45) is 0 Å². The molecule has 0 aromatic heterocycles. The summed E-state index contributed by atoms with van der Waals surface area (Å²) in [6.45, 7) is 1.84. The molecule has 0 aliphatic heterocycles. The van der Waals surface area contributed by atoms with Crippen LogP contribution in [0.15, 0.2) is 47.4 Å². The third-order valence-corrected chi connectivity index (χ3v) is 6.21. The zero-order valence-corrected chi connectivity index (χ0v) is 16.5. The van der Waals surface area contributed by atoms with E-state index in [1.54, 1.807) is 30.3 Å². The second-order valence-electron chi connectivity index (χ2n) is 6.07. The van der Waals surface area contributed by atoms with Gasteiger partial charge in [0.05, 0.1) is 19.1 Å². The van der Waals surface area contributed by atoms with Crippen LogP contribution >= 0.6 is 0 Å². The van der Waals surface area contributed by atoms with Crippen LogP contribution < -0.4 is 9.47 Å². The highest BCUT2D eigenvalue weighted by Crippen LogP contribution is 2.27. The van der Waals surface area contributed by atoms with Crippen molar-refractivity contribution in [3.63, 3.8) is 0 Å². The Kier molecular flexibility index (Phi) is 6.45. The summed E-state index contributed by atoms with van der Waals surface area (Å²) in [5, 5.41) is 9.65. The van der Waals surface area contributed by atoms with Gasteiger partial charge in [-0.3, -0.25) is 4.79 Å². The van der Waals surface area contributed by atoms with Crippen molar-refractivity contribution in [3.05, 3.63) is 53.6 Å². The van der Waals surface area contributed by atoms with Crippen molar-refractivity contribution in [2.45, 2.75) is 24.3 Å². The van der Waals surface area contributed by atoms with Crippen LogP contribution in [0.4, 0.5) is 0 Å². The number of ether oxygens (including phenoxy) is 2. The van der Waals surface area contributed by atoms with Gasteiger partial charge in [0.2, 0.25) is 10.0 Å². The molecular formula is C19H23NO6S. The highest BCUT2D eigenvalue weighted by Gasteiger charge is 2.33. The molecule has 0 unspecified atom stereocenters. The summed E-state index contributed by atoms with van der Waals surface area (Å²) in [5.41, 5.74) is 1.48. The van der Waals surface area contributed by atoms with Gasteiger partial charge in [0.1, 0.15) is 17.5 Å².